The van der Waals surface area contributed by atoms with Gasteiger partial charge in [0.1, 0.15) is 12.4 Å². The van der Waals surface area contributed by atoms with Crippen LogP contribution in [0.15, 0.2) is 54.6 Å². The first-order valence-electron chi connectivity index (χ1n) is 7.55. The molecule has 122 valence electrons. The van der Waals surface area contributed by atoms with Crippen molar-refractivity contribution in [2.45, 2.75) is 13.2 Å². The fourth-order valence-corrected chi connectivity index (χ4v) is 2.24. The Morgan fingerprint density at radius 3 is 2.30 bits per heavy atom. The van der Waals surface area contributed by atoms with E-state index in [0.717, 1.165) is 30.0 Å². The van der Waals surface area contributed by atoms with E-state index in [0.29, 0.717) is 13.2 Å². The summed E-state index contributed by atoms with van der Waals surface area (Å²) in [7, 11) is 0. The van der Waals surface area contributed by atoms with Gasteiger partial charge in [0, 0.05) is 19.6 Å². The van der Waals surface area contributed by atoms with Crippen molar-refractivity contribution >= 4 is 18.3 Å². The molecule has 1 aliphatic heterocycles. The molecule has 0 bridgehead atoms. The molecule has 1 saturated heterocycles. The number of carbonyl (C=O) groups excluding carboxylic acids is 1. The Morgan fingerprint density at radius 2 is 1.70 bits per heavy atom. The predicted molar refractivity (Wildman–Crippen MR) is 92.7 cm³/mol. The Morgan fingerprint density at radius 1 is 1.04 bits per heavy atom. The maximum atomic E-state index is 11.8. The second-order valence-corrected chi connectivity index (χ2v) is 5.49. The van der Waals surface area contributed by atoms with E-state index in [9.17, 15) is 4.79 Å². The van der Waals surface area contributed by atoms with Crippen molar-refractivity contribution in [1.29, 1.82) is 0 Å². The summed E-state index contributed by atoms with van der Waals surface area (Å²) in [4.78, 5) is 11.8. The zero-order chi connectivity index (χ0) is 15.2. The number of benzene rings is 2. The highest BCUT2D eigenvalue weighted by Gasteiger charge is 2.24. The summed E-state index contributed by atoms with van der Waals surface area (Å²) in [6.07, 6.45) is 0. The van der Waals surface area contributed by atoms with Crippen LogP contribution < -0.4 is 15.4 Å². The molecular formula is C18H21ClN2O2. The molecule has 1 fully saturated rings. The third-order valence-electron chi connectivity index (χ3n) is 3.79. The Hall–Kier alpha value is -2.04. The summed E-state index contributed by atoms with van der Waals surface area (Å²) in [5.74, 6) is 1.14. The lowest BCUT2D eigenvalue weighted by Gasteiger charge is -2.25. The normalized spacial score (nSPS) is 13.6. The molecule has 0 saturated carbocycles. The first-order valence-corrected chi connectivity index (χ1v) is 7.55. The first kappa shape index (κ1) is 17.3. The van der Waals surface area contributed by atoms with E-state index in [1.54, 1.807) is 0 Å². The maximum Gasteiger partial charge on any atom is 0.225 e. The molecule has 0 aliphatic carbocycles. The van der Waals surface area contributed by atoms with Crippen LogP contribution in [0.2, 0.25) is 0 Å². The fraction of sp³-hybridized carbons (Fsp3) is 0.278. The van der Waals surface area contributed by atoms with Gasteiger partial charge in [0.2, 0.25) is 5.91 Å². The van der Waals surface area contributed by atoms with Crippen LogP contribution in [0.5, 0.6) is 5.75 Å². The minimum absolute atomic E-state index is 0. The lowest BCUT2D eigenvalue weighted by atomic mass is 10.0. The van der Waals surface area contributed by atoms with Gasteiger partial charge in [0.25, 0.3) is 0 Å². The van der Waals surface area contributed by atoms with Crippen molar-refractivity contribution in [2.75, 3.05) is 13.1 Å². The number of nitrogens with one attached hydrogen (secondary N) is 2. The number of carbonyl (C=O) groups is 1. The van der Waals surface area contributed by atoms with Gasteiger partial charge in [0.05, 0.1) is 5.92 Å². The van der Waals surface area contributed by atoms with Gasteiger partial charge in [-0.3, -0.25) is 4.79 Å². The second kappa shape index (κ2) is 8.56. The van der Waals surface area contributed by atoms with Crippen LogP contribution in [0.4, 0.5) is 0 Å². The van der Waals surface area contributed by atoms with Crippen LogP contribution in [-0.2, 0) is 17.9 Å². The number of rotatable bonds is 6. The summed E-state index contributed by atoms with van der Waals surface area (Å²) in [5.41, 5.74) is 2.21. The van der Waals surface area contributed by atoms with Crippen molar-refractivity contribution in [2.24, 2.45) is 5.92 Å². The lowest BCUT2D eigenvalue weighted by molar-refractivity contribution is -0.126. The third kappa shape index (κ3) is 4.98. The van der Waals surface area contributed by atoms with Gasteiger partial charge < -0.3 is 15.4 Å². The summed E-state index contributed by atoms with van der Waals surface area (Å²) in [6, 6.07) is 17.9. The van der Waals surface area contributed by atoms with Crippen molar-refractivity contribution in [3.63, 3.8) is 0 Å². The van der Waals surface area contributed by atoms with Crippen molar-refractivity contribution in [3.05, 3.63) is 65.7 Å². The van der Waals surface area contributed by atoms with E-state index in [2.05, 4.69) is 10.6 Å². The molecule has 0 radical (unpaired) electrons. The van der Waals surface area contributed by atoms with Gasteiger partial charge in [-0.05, 0) is 23.3 Å². The first-order chi connectivity index (χ1) is 10.8. The monoisotopic (exact) mass is 332 g/mol. The zero-order valence-corrected chi connectivity index (χ0v) is 13.6. The van der Waals surface area contributed by atoms with Gasteiger partial charge in [-0.25, -0.2) is 0 Å². The van der Waals surface area contributed by atoms with E-state index >= 15 is 0 Å². The highest BCUT2D eigenvalue weighted by Crippen LogP contribution is 2.12. The standard InChI is InChI=1S/C18H20N2O2.ClH/c21-18(16-11-19-12-16)20-10-14-6-8-15(9-7-14)13-22-17-4-2-1-3-5-17;/h1-9,16,19H,10-13H2,(H,20,21);1H. The molecule has 0 aromatic heterocycles. The summed E-state index contributed by atoms with van der Waals surface area (Å²) in [6.45, 7) is 2.71. The SMILES string of the molecule is Cl.O=C(NCc1ccc(COc2ccccc2)cc1)C1CNC1. The average Bonchev–Trinajstić information content (AvgIpc) is 2.51. The van der Waals surface area contributed by atoms with E-state index in [1.807, 2.05) is 54.6 Å². The van der Waals surface area contributed by atoms with Crippen LogP contribution in [0, 0.1) is 5.92 Å². The third-order valence-corrected chi connectivity index (χ3v) is 3.79. The van der Waals surface area contributed by atoms with Crippen LogP contribution in [0.25, 0.3) is 0 Å². The van der Waals surface area contributed by atoms with Crippen molar-refractivity contribution in [1.82, 2.24) is 10.6 Å². The average molecular weight is 333 g/mol. The molecule has 0 spiro atoms. The van der Waals surface area contributed by atoms with Crippen LogP contribution in [-0.4, -0.2) is 19.0 Å². The van der Waals surface area contributed by atoms with E-state index in [1.165, 1.54) is 0 Å². The van der Waals surface area contributed by atoms with E-state index < -0.39 is 0 Å². The molecule has 1 aliphatic rings. The largest absolute Gasteiger partial charge is 0.489 e. The number of ether oxygens (including phenoxy) is 1. The quantitative estimate of drug-likeness (QED) is 0.854. The van der Waals surface area contributed by atoms with Crippen molar-refractivity contribution < 1.29 is 9.53 Å². The smallest absolute Gasteiger partial charge is 0.225 e. The Bertz CT molecular complexity index is 613. The molecule has 5 heteroatoms. The number of amides is 1. The molecule has 0 atom stereocenters. The summed E-state index contributed by atoms with van der Waals surface area (Å²) < 4.78 is 5.71. The highest BCUT2D eigenvalue weighted by molar-refractivity contribution is 5.85. The number of hydrogen-bond acceptors (Lipinski definition) is 3. The van der Waals surface area contributed by atoms with Gasteiger partial charge in [-0.1, -0.05) is 42.5 Å². The second-order valence-electron chi connectivity index (χ2n) is 5.49. The van der Waals surface area contributed by atoms with Crippen molar-refractivity contribution in [3.8, 4) is 5.75 Å². The highest BCUT2D eigenvalue weighted by atomic mass is 35.5. The molecule has 0 unspecified atom stereocenters. The minimum Gasteiger partial charge on any atom is -0.489 e. The molecular weight excluding hydrogens is 312 g/mol. The lowest BCUT2D eigenvalue weighted by Crippen LogP contribution is -2.50. The zero-order valence-electron chi connectivity index (χ0n) is 12.8. The molecule has 1 amide bonds. The molecule has 1 heterocycles. The van der Waals surface area contributed by atoms with Crippen LogP contribution >= 0.6 is 12.4 Å². The maximum absolute atomic E-state index is 11.8. The Kier molecular flexibility index (Phi) is 6.44. The molecule has 23 heavy (non-hydrogen) atoms. The van der Waals surface area contributed by atoms with Crippen LogP contribution in [0.3, 0.4) is 0 Å². The van der Waals surface area contributed by atoms with Gasteiger partial charge in [-0.2, -0.15) is 0 Å². The molecule has 3 rings (SSSR count). The summed E-state index contributed by atoms with van der Waals surface area (Å²) >= 11 is 0. The fourth-order valence-electron chi connectivity index (χ4n) is 2.24. The van der Waals surface area contributed by atoms with E-state index in [4.69, 9.17) is 4.74 Å². The molecule has 2 aromatic rings. The predicted octanol–water partition coefficient (Wildman–Crippen LogP) is 2.52. The van der Waals surface area contributed by atoms with Crippen LogP contribution in [0.1, 0.15) is 11.1 Å². The molecule has 4 nitrogen and oxygen atoms in total. The number of para-hydroxylation sites is 1. The molecule has 2 aromatic carbocycles. The minimum atomic E-state index is 0. The molecule has 2 N–H and O–H groups in total. The number of halogens is 1. The van der Waals surface area contributed by atoms with Gasteiger partial charge in [-0.15, -0.1) is 12.4 Å². The van der Waals surface area contributed by atoms with Gasteiger partial charge in [0.15, 0.2) is 0 Å². The topological polar surface area (TPSA) is 50.4 Å². The van der Waals surface area contributed by atoms with Gasteiger partial charge >= 0.3 is 0 Å². The Labute approximate surface area is 142 Å². The number of hydrogen-bond donors (Lipinski definition) is 2. The van der Waals surface area contributed by atoms with E-state index in [-0.39, 0.29) is 24.2 Å². The summed E-state index contributed by atoms with van der Waals surface area (Å²) in [5, 5.41) is 6.07. The Balaban J connectivity index is 0.00000192.